The lowest BCUT2D eigenvalue weighted by Crippen LogP contribution is -2.44. The predicted molar refractivity (Wildman–Crippen MR) is 121 cm³/mol. The average Bonchev–Trinajstić information content (AvgIpc) is 3.24. The minimum absolute atomic E-state index is 0.274. The van der Waals surface area contributed by atoms with Crippen LogP contribution in [-0.2, 0) is 4.79 Å². The number of nitrogens with two attached hydrogens (primary N) is 1. The van der Waals surface area contributed by atoms with Gasteiger partial charge in [-0.2, -0.15) is 0 Å². The highest BCUT2D eigenvalue weighted by molar-refractivity contribution is 6.31. The van der Waals surface area contributed by atoms with Gasteiger partial charge < -0.3 is 15.4 Å². The Morgan fingerprint density at radius 3 is 2.39 bits per heavy atom. The number of benzene rings is 3. The second-order valence-corrected chi connectivity index (χ2v) is 7.93. The Hall–Kier alpha value is -3.31. The molecule has 0 unspecified atom stereocenters. The molecule has 0 aliphatic carbocycles. The molecule has 4 rings (SSSR count). The van der Waals surface area contributed by atoms with E-state index in [1.807, 2.05) is 54.6 Å². The third-order valence-electron chi connectivity index (χ3n) is 5.75. The Kier molecular flexibility index (Phi) is 5.96. The molecule has 0 spiro atoms. The van der Waals surface area contributed by atoms with Crippen molar-refractivity contribution < 1.29 is 14.3 Å². The molecule has 31 heavy (non-hydrogen) atoms. The Morgan fingerprint density at radius 2 is 1.71 bits per heavy atom. The molecule has 1 heterocycles. The molecule has 1 fully saturated rings. The fourth-order valence-corrected chi connectivity index (χ4v) is 4.52. The summed E-state index contributed by atoms with van der Waals surface area (Å²) in [4.78, 5) is 27.3. The van der Waals surface area contributed by atoms with E-state index in [0.29, 0.717) is 29.2 Å². The summed E-state index contributed by atoms with van der Waals surface area (Å²) in [6.07, 6.45) is 1.11. The van der Waals surface area contributed by atoms with Crippen molar-refractivity contribution in [3.63, 3.8) is 0 Å². The van der Waals surface area contributed by atoms with Crippen molar-refractivity contribution in [3.05, 3.63) is 88.9 Å². The lowest BCUT2D eigenvalue weighted by atomic mass is 10.0. The standard InChI is InChI=1S/C25H23ClN2O3/c1-31-23-15-17(11-12-18(23)16-7-3-2-4-8-16)25(30)28-21(13-14-22(28)24(27)29)19-9-5-6-10-20(19)26/h2-12,15,21-22H,13-14H2,1H3,(H2,27,29)/t21-,22+/m1/s1. The maximum Gasteiger partial charge on any atom is 0.255 e. The molecule has 1 aliphatic rings. The van der Waals surface area contributed by atoms with Gasteiger partial charge in [0.15, 0.2) is 0 Å². The zero-order valence-corrected chi connectivity index (χ0v) is 17.9. The third kappa shape index (κ3) is 4.01. The maximum absolute atomic E-state index is 13.6. The summed E-state index contributed by atoms with van der Waals surface area (Å²) in [5, 5.41) is 0.562. The van der Waals surface area contributed by atoms with Crippen LogP contribution in [0.25, 0.3) is 11.1 Å². The SMILES string of the molecule is COc1cc(C(=O)N2[C@@H](c3ccccc3Cl)CC[C@H]2C(N)=O)ccc1-c1ccccc1. The van der Waals surface area contributed by atoms with Gasteiger partial charge in [-0.1, -0.05) is 60.1 Å². The molecule has 3 aromatic rings. The second-order valence-electron chi connectivity index (χ2n) is 7.53. The first-order chi connectivity index (χ1) is 15.0. The van der Waals surface area contributed by atoms with E-state index in [4.69, 9.17) is 22.1 Å². The van der Waals surface area contributed by atoms with Crippen LogP contribution in [0.15, 0.2) is 72.8 Å². The largest absolute Gasteiger partial charge is 0.496 e. The summed E-state index contributed by atoms with van der Waals surface area (Å²) in [5.41, 5.74) is 8.77. The number of nitrogens with zero attached hydrogens (tertiary/aromatic N) is 1. The van der Waals surface area contributed by atoms with Gasteiger partial charge in [0.05, 0.1) is 13.2 Å². The van der Waals surface area contributed by atoms with E-state index < -0.39 is 11.9 Å². The highest BCUT2D eigenvalue weighted by Gasteiger charge is 2.41. The van der Waals surface area contributed by atoms with Crippen LogP contribution in [-0.4, -0.2) is 29.9 Å². The summed E-state index contributed by atoms with van der Waals surface area (Å²) < 4.78 is 5.57. The summed E-state index contributed by atoms with van der Waals surface area (Å²) in [7, 11) is 1.57. The van der Waals surface area contributed by atoms with Crippen molar-refractivity contribution in [1.82, 2.24) is 4.90 Å². The van der Waals surface area contributed by atoms with E-state index in [9.17, 15) is 9.59 Å². The van der Waals surface area contributed by atoms with Crippen LogP contribution in [0.2, 0.25) is 5.02 Å². The number of likely N-dealkylation sites (tertiary alicyclic amines) is 1. The number of ether oxygens (including phenoxy) is 1. The van der Waals surface area contributed by atoms with Crippen LogP contribution >= 0.6 is 11.6 Å². The number of halogens is 1. The predicted octanol–water partition coefficient (Wildman–Crippen LogP) is 4.85. The van der Waals surface area contributed by atoms with Crippen LogP contribution in [0.5, 0.6) is 5.75 Å². The van der Waals surface area contributed by atoms with Gasteiger partial charge in [-0.15, -0.1) is 0 Å². The first-order valence-corrected chi connectivity index (χ1v) is 10.5. The van der Waals surface area contributed by atoms with Gasteiger partial charge in [0.2, 0.25) is 5.91 Å². The number of methoxy groups -OCH3 is 1. The van der Waals surface area contributed by atoms with E-state index in [0.717, 1.165) is 16.7 Å². The van der Waals surface area contributed by atoms with Gasteiger partial charge in [0, 0.05) is 16.1 Å². The highest BCUT2D eigenvalue weighted by atomic mass is 35.5. The first-order valence-electron chi connectivity index (χ1n) is 10.1. The lowest BCUT2D eigenvalue weighted by molar-refractivity contribution is -0.122. The van der Waals surface area contributed by atoms with Crippen molar-refractivity contribution in [3.8, 4) is 16.9 Å². The Balaban J connectivity index is 1.73. The van der Waals surface area contributed by atoms with E-state index in [-0.39, 0.29) is 11.9 Å². The first kappa shape index (κ1) is 20.9. The van der Waals surface area contributed by atoms with E-state index in [1.54, 1.807) is 30.2 Å². The van der Waals surface area contributed by atoms with Crippen molar-refractivity contribution in [2.75, 3.05) is 7.11 Å². The minimum atomic E-state index is -0.687. The van der Waals surface area contributed by atoms with Crippen LogP contribution in [0.1, 0.15) is 34.8 Å². The second kappa shape index (κ2) is 8.82. The molecule has 0 bridgehead atoms. The fourth-order valence-electron chi connectivity index (χ4n) is 4.25. The summed E-state index contributed by atoms with van der Waals surface area (Å²) in [6, 6.07) is 21.5. The van der Waals surface area contributed by atoms with Crippen LogP contribution in [0.3, 0.4) is 0 Å². The molecular weight excluding hydrogens is 412 g/mol. The van der Waals surface area contributed by atoms with E-state index in [2.05, 4.69) is 0 Å². The van der Waals surface area contributed by atoms with Crippen molar-refractivity contribution >= 4 is 23.4 Å². The van der Waals surface area contributed by atoms with Crippen LogP contribution in [0.4, 0.5) is 0 Å². The highest BCUT2D eigenvalue weighted by Crippen LogP contribution is 2.40. The van der Waals surface area contributed by atoms with Crippen molar-refractivity contribution in [2.24, 2.45) is 5.73 Å². The number of hydrogen-bond acceptors (Lipinski definition) is 3. The van der Waals surface area contributed by atoms with Gasteiger partial charge in [-0.3, -0.25) is 9.59 Å². The number of primary amides is 1. The number of carbonyl (C=O) groups excluding carboxylic acids is 2. The zero-order valence-electron chi connectivity index (χ0n) is 17.1. The van der Waals surface area contributed by atoms with Gasteiger partial charge in [-0.25, -0.2) is 0 Å². The summed E-state index contributed by atoms with van der Waals surface area (Å²) >= 11 is 6.41. The van der Waals surface area contributed by atoms with Gasteiger partial charge >= 0.3 is 0 Å². The van der Waals surface area contributed by atoms with Crippen molar-refractivity contribution in [2.45, 2.75) is 24.9 Å². The average molecular weight is 435 g/mol. The Bertz CT molecular complexity index is 1120. The van der Waals surface area contributed by atoms with Crippen molar-refractivity contribution in [1.29, 1.82) is 0 Å². The van der Waals surface area contributed by atoms with Gasteiger partial charge in [-0.05, 0) is 48.2 Å². The van der Waals surface area contributed by atoms with Gasteiger partial charge in [0.1, 0.15) is 11.8 Å². The molecule has 0 aromatic heterocycles. The molecule has 2 atom stereocenters. The quantitative estimate of drug-likeness (QED) is 0.624. The molecule has 158 valence electrons. The molecule has 2 amide bonds. The number of rotatable bonds is 5. The van der Waals surface area contributed by atoms with E-state index in [1.165, 1.54) is 0 Å². The molecule has 1 saturated heterocycles. The third-order valence-corrected chi connectivity index (χ3v) is 6.09. The zero-order chi connectivity index (χ0) is 22.0. The Labute approximate surface area is 186 Å². The van der Waals surface area contributed by atoms with Crippen LogP contribution in [0, 0.1) is 0 Å². The molecule has 6 heteroatoms. The van der Waals surface area contributed by atoms with E-state index >= 15 is 0 Å². The number of amides is 2. The number of carbonyl (C=O) groups is 2. The summed E-state index contributed by atoms with van der Waals surface area (Å²) in [5.74, 6) is -0.207. The molecular formula is C25H23ClN2O3. The smallest absolute Gasteiger partial charge is 0.255 e. The lowest BCUT2D eigenvalue weighted by Gasteiger charge is -2.30. The molecule has 1 aliphatic heterocycles. The monoisotopic (exact) mass is 434 g/mol. The Morgan fingerprint density at radius 1 is 1.00 bits per heavy atom. The van der Waals surface area contributed by atoms with Gasteiger partial charge in [0.25, 0.3) is 5.91 Å². The normalized spacial score (nSPS) is 18.1. The maximum atomic E-state index is 13.6. The fraction of sp³-hybridized carbons (Fsp3) is 0.200. The molecule has 2 N–H and O–H groups in total. The van der Waals surface area contributed by atoms with Crippen LogP contribution < -0.4 is 10.5 Å². The topological polar surface area (TPSA) is 72.6 Å². The minimum Gasteiger partial charge on any atom is -0.496 e. The molecule has 0 radical (unpaired) electrons. The molecule has 5 nitrogen and oxygen atoms in total. The molecule has 3 aromatic carbocycles. The summed E-state index contributed by atoms with van der Waals surface area (Å²) in [6.45, 7) is 0. The number of hydrogen-bond donors (Lipinski definition) is 1. The molecule has 0 saturated carbocycles.